The summed E-state index contributed by atoms with van der Waals surface area (Å²) in [7, 11) is 0. The van der Waals surface area contributed by atoms with E-state index in [0.29, 0.717) is 0 Å². The Kier molecular flexibility index (Phi) is 6.84. The van der Waals surface area contributed by atoms with Gasteiger partial charge in [-0.25, -0.2) is 9.97 Å². The van der Waals surface area contributed by atoms with Crippen molar-refractivity contribution < 1.29 is 0 Å². The molecule has 6 aromatic rings. The summed E-state index contributed by atoms with van der Waals surface area (Å²) in [6.45, 7) is 8.60. The molecule has 0 radical (unpaired) electrons. The lowest BCUT2D eigenvalue weighted by Crippen LogP contribution is -1.96. The number of hydrogen-bond donors (Lipinski definition) is 0. The third-order valence-corrected chi connectivity index (χ3v) is 7.16. The number of benzene rings is 4. The third kappa shape index (κ3) is 5.48. The molecule has 2 aromatic heterocycles. The van der Waals surface area contributed by atoms with Gasteiger partial charge in [0.05, 0.1) is 22.8 Å². The number of nitrogens with zero attached hydrogens (tertiary/aromatic N) is 2. The fourth-order valence-corrected chi connectivity index (χ4v) is 5.45. The van der Waals surface area contributed by atoms with E-state index in [0.717, 1.165) is 45.0 Å². The summed E-state index contributed by atoms with van der Waals surface area (Å²) in [5.74, 6) is 0. The highest BCUT2D eigenvalue weighted by molar-refractivity contribution is 5.80. The van der Waals surface area contributed by atoms with Gasteiger partial charge in [-0.05, 0) is 74.2 Å². The highest BCUT2D eigenvalue weighted by Crippen LogP contribution is 2.34. The van der Waals surface area contributed by atoms with Gasteiger partial charge in [0.15, 0.2) is 0 Å². The molecule has 0 amide bonds. The van der Waals surface area contributed by atoms with E-state index in [9.17, 15) is 0 Å². The lowest BCUT2D eigenvalue weighted by molar-refractivity contribution is 1.25. The monoisotopic (exact) mass is 516 g/mol. The van der Waals surface area contributed by atoms with Crippen LogP contribution in [0.5, 0.6) is 0 Å². The van der Waals surface area contributed by atoms with Crippen LogP contribution in [0.1, 0.15) is 22.3 Å². The first kappa shape index (κ1) is 25.5. The second kappa shape index (κ2) is 10.7. The van der Waals surface area contributed by atoms with E-state index in [2.05, 4.69) is 137 Å². The second-order valence-electron chi connectivity index (χ2n) is 10.7. The summed E-state index contributed by atoms with van der Waals surface area (Å²) in [5.41, 5.74) is 15.4. The Morgan fingerprint density at radius 3 is 0.950 bits per heavy atom. The molecule has 40 heavy (non-hydrogen) atoms. The molecule has 194 valence electrons. The van der Waals surface area contributed by atoms with Crippen molar-refractivity contribution in [3.8, 4) is 56.2 Å². The van der Waals surface area contributed by atoms with Gasteiger partial charge >= 0.3 is 0 Å². The molecular weight excluding hydrogens is 484 g/mol. The summed E-state index contributed by atoms with van der Waals surface area (Å²) in [5, 5.41) is 0. The summed E-state index contributed by atoms with van der Waals surface area (Å²) in [6.07, 6.45) is 0. The Balaban J connectivity index is 1.60. The molecular formula is C38H32N2. The highest BCUT2D eigenvalue weighted by atomic mass is 14.8. The Labute approximate surface area is 237 Å². The molecule has 0 unspecified atom stereocenters. The number of aryl methyl sites for hydroxylation is 4. The Morgan fingerprint density at radius 1 is 0.300 bits per heavy atom. The van der Waals surface area contributed by atoms with Gasteiger partial charge in [-0.15, -0.1) is 0 Å². The quantitative estimate of drug-likeness (QED) is 0.228. The minimum atomic E-state index is 0.860. The molecule has 2 heteroatoms. The molecule has 0 fully saturated rings. The van der Waals surface area contributed by atoms with E-state index in [1.54, 1.807) is 0 Å². The van der Waals surface area contributed by atoms with Gasteiger partial charge in [0.2, 0.25) is 0 Å². The molecule has 0 spiro atoms. The lowest BCUT2D eigenvalue weighted by atomic mass is 9.96. The van der Waals surface area contributed by atoms with Crippen LogP contribution in [0.25, 0.3) is 56.2 Å². The predicted octanol–water partition coefficient (Wildman–Crippen LogP) is 10.0. The normalized spacial score (nSPS) is 11.0. The topological polar surface area (TPSA) is 25.8 Å². The SMILES string of the molecule is Cc1cc(C)cc(-c2cc(-c3ccccc3)nc(-c3cc(-c4cc(C)cc(C)c4)cc(-c4ccccc4)n3)c2)c1. The van der Waals surface area contributed by atoms with Gasteiger partial charge < -0.3 is 0 Å². The molecule has 0 saturated carbocycles. The fourth-order valence-electron chi connectivity index (χ4n) is 5.45. The molecule has 0 bridgehead atoms. The molecule has 0 aliphatic rings. The molecule has 0 N–H and O–H groups in total. The minimum Gasteiger partial charge on any atom is -0.246 e. The maximum atomic E-state index is 5.19. The molecule has 4 aromatic carbocycles. The van der Waals surface area contributed by atoms with E-state index in [-0.39, 0.29) is 0 Å². The van der Waals surface area contributed by atoms with Gasteiger partial charge in [0, 0.05) is 11.1 Å². The van der Waals surface area contributed by atoms with Crippen LogP contribution in [0.15, 0.2) is 121 Å². The van der Waals surface area contributed by atoms with Crippen LogP contribution in [-0.2, 0) is 0 Å². The summed E-state index contributed by atoms with van der Waals surface area (Å²) >= 11 is 0. The van der Waals surface area contributed by atoms with E-state index in [1.165, 1.54) is 33.4 Å². The largest absolute Gasteiger partial charge is 0.246 e. The van der Waals surface area contributed by atoms with E-state index < -0.39 is 0 Å². The number of pyridine rings is 2. The molecule has 0 aliphatic heterocycles. The van der Waals surface area contributed by atoms with Crippen LogP contribution in [0.2, 0.25) is 0 Å². The van der Waals surface area contributed by atoms with Crippen LogP contribution in [0, 0.1) is 27.7 Å². The molecule has 0 saturated heterocycles. The van der Waals surface area contributed by atoms with Crippen molar-refractivity contribution in [1.82, 2.24) is 9.97 Å². The fraction of sp³-hybridized carbons (Fsp3) is 0.105. The smallest absolute Gasteiger partial charge is 0.0900 e. The Morgan fingerprint density at radius 2 is 0.600 bits per heavy atom. The van der Waals surface area contributed by atoms with Crippen molar-refractivity contribution in [3.05, 3.63) is 144 Å². The van der Waals surface area contributed by atoms with Crippen LogP contribution in [0.3, 0.4) is 0 Å². The summed E-state index contributed by atoms with van der Waals surface area (Å²) in [6, 6.07) is 43.0. The van der Waals surface area contributed by atoms with Crippen molar-refractivity contribution in [2.24, 2.45) is 0 Å². The molecule has 0 aliphatic carbocycles. The Bertz CT molecular complexity index is 1640. The van der Waals surface area contributed by atoms with Crippen LogP contribution < -0.4 is 0 Å². The summed E-state index contributed by atoms with van der Waals surface area (Å²) in [4.78, 5) is 10.4. The molecule has 6 rings (SSSR count). The summed E-state index contributed by atoms with van der Waals surface area (Å²) < 4.78 is 0. The first-order chi connectivity index (χ1) is 19.4. The van der Waals surface area contributed by atoms with Gasteiger partial charge in [0.25, 0.3) is 0 Å². The van der Waals surface area contributed by atoms with Gasteiger partial charge in [-0.1, -0.05) is 119 Å². The van der Waals surface area contributed by atoms with Gasteiger partial charge in [-0.3, -0.25) is 0 Å². The second-order valence-corrected chi connectivity index (χ2v) is 10.7. The van der Waals surface area contributed by atoms with Gasteiger partial charge in [0.1, 0.15) is 0 Å². The number of rotatable bonds is 5. The standard InChI is InChI=1S/C38H32N2/c1-25-15-26(2)18-31(17-25)33-21-35(29-11-7-5-8-12-29)39-37(23-33)38-24-34(32-19-27(3)16-28(4)20-32)22-36(40-38)30-13-9-6-10-14-30/h5-24H,1-4H3. The van der Waals surface area contributed by atoms with Crippen LogP contribution in [-0.4, -0.2) is 9.97 Å². The van der Waals surface area contributed by atoms with Crippen molar-refractivity contribution in [2.75, 3.05) is 0 Å². The molecule has 2 nitrogen and oxygen atoms in total. The first-order valence-electron chi connectivity index (χ1n) is 13.7. The van der Waals surface area contributed by atoms with Crippen molar-refractivity contribution in [2.45, 2.75) is 27.7 Å². The van der Waals surface area contributed by atoms with E-state index >= 15 is 0 Å². The highest BCUT2D eigenvalue weighted by Gasteiger charge is 2.14. The van der Waals surface area contributed by atoms with Crippen molar-refractivity contribution in [3.63, 3.8) is 0 Å². The number of hydrogen-bond acceptors (Lipinski definition) is 2. The maximum Gasteiger partial charge on any atom is 0.0900 e. The third-order valence-electron chi connectivity index (χ3n) is 7.16. The van der Waals surface area contributed by atoms with Gasteiger partial charge in [-0.2, -0.15) is 0 Å². The van der Waals surface area contributed by atoms with E-state index in [4.69, 9.17) is 9.97 Å². The molecule has 0 atom stereocenters. The first-order valence-corrected chi connectivity index (χ1v) is 13.7. The average Bonchev–Trinajstić information content (AvgIpc) is 2.96. The Hall–Kier alpha value is -4.82. The average molecular weight is 517 g/mol. The lowest BCUT2D eigenvalue weighted by Gasteiger charge is -2.14. The van der Waals surface area contributed by atoms with E-state index in [1.807, 2.05) is 12.1 Å². The van der Waals surface area contributed by atoms with Crippen molar-refractivity contribution >= 4 is 0 Å². The minimum absolute atomic E-state index is 0.860. The predicted molar refractivity (Wildman–Crippen MR) is 168 cm³/mol. The van der Waals surface area contributed by atoms with Crippen LogP contribution >= 0.6 is 0 Å². The van der Waals surface area contributed by atoms with Crippen LogP contribution in [0.4, 0.5) is 0 Å². The molecule has 2 heterocycles. The zero-order valence-electron chi connectivity index (χ0n) is 23.4. The zero-order chi connectivity index (χ0) is 27.6. The zero-order valence-corrected chi connectivity index (χ0v) is 23.4. The maximum absolute atomic E-state index is 5.19. The van der Waals surface area contributed by atoms with Crippen molar-refractivity contribution in [1.29, 1.82) is 0 Å². The number of aromatic nitrogens is 2.